The van der Waals surface area contributed by atoms with Gasteiger partial charge in [0.1, 0.15) is 11.0 Å². The summed E-state index contributed by atoms with van der Waals surface area (Å²) in [4.78, 5) is 29.8. The summed E-state index contributed by atoms with van der Waals surface area (Å²) in [5.41, 5.74) is 0.322. The number of halogens is 3. The Morgan fingerprint density at radius 2 is 2.08 bits per heavy atom. The van der Waals surface area contributed by atoms with Crippen LogP contribution in [0, 0.1) is 0 Å². The Bertz CT molecular complexity index is 691. The highest BCUT2D eigenvalue weighted by atomic mass is 32.2. The zero-order valence-corrected chi connectivity index (χ0v) is 13.0. The molecular formula is C14H12F3N3O3S. The average molecular weight is 359 g/mol. The molecule has 0 bridgehead atoms. The summed E-state index contributed by atoms with van der Waals surface area (Å²) >= 11 is 1.26. The number of aliphatic imine (C=N–C) groups is 1. The van der Waals surface area contributed by atoms with Gasteiger partial charge >= 0.3 is 6.36 Å². The van der Waals surface area contributed by atoms with Gasteiger partial charge in [-0.1, -0.05) is 11.8 Å². The van der Waals surface area contributed by atoms with Crippen LogP contribution in [-0.2, 0) is 9.59 Å². The Morgan fingerprint density at radius 1 is 1.38 bits per heavy atom. The summed E-state index contributed by atoms with van der Waals surface area (Å²) in [5.74, 6) is -0.909. The van der Waals surface area contributed by atoms with Crippen molar-refractivity contribution in [1.29, 1.82) is 0 Å². The van der Waals surface area contributed by atoms with E-state index in [1.54, 1.807) is 4.90 Å². The number of hydrogen-bond acceptors (Lipinski definition) is 5. The fraction of sp³-hybridized carbons (Fsp3) is 0.357. The highest BCUT2D eigenvalue weighted by molar-refractivity contribution is 8.15. The van der Waals surface area contributed by atoms with E-state index in [0.717, 1.165) is 12.1 Å². The molecule has 1 atom stereocenters. The number of carbonyl (C=O) groups is 2. The van der Waals surface area contributed by atoms with Gasteiger partial charge in [0.2, 0.25) is 11.8 Å². The molecule has 2 amide bonds. The molecule has 10 heteroatoms. The third-order valence-corrected chi connectivity index (χ3v) is 4.55. The lowest BCUT2D eigenvalue weighted by atomic mass is 10.2. The van der Waals surface area contributed by atoms with Crippen molar-refractivity contribution >= 4 is 34.4 Å². The van der Waals surface area contributed by atoms with Gasteiger partial charge in [-0.25, -0.2) is 0 Å². The number of benzene rings is 1. The molecule has 0 spiro atoms. The minimum Gasteiger partial charge on any atom is -0.406 e. The molecule has 1 N–H and O–H groups in total. The predicted molar refractivity (Wildman–Crippen MR) is 81.8 cm³/mol. The van der Waals surface area contributed by atoms with Crippen LogP contribution in [0.2, 0.25) is 0 Å². The molecule has 1 aromatic carbocycles. The van der Waals surface area contributed by atoms with Crippen molar-refractivity contribution in [3.8, 4) is 5.75 Å². The number of fused-ring (bicyclic) bond motifs is 1. The number of amidine groups is 1. The predicted octanol–water partition coefficient (Wildman–Crippen LogP) is 2.23. The first-order chi connectivity index (χ1) is 11.3. The number of nitrogens with one attached hydrogen (secondary N) is 1. The average Bonchev–Trinajstić information content (AvgIpc) is 3.04. The Morgan fingerprint density at radius 3 is 2.71 bits per heavy atom. The fourth-order valence-corrected chi connectivity index (χ4v) is 3.52. The largest absolute Gasteiger partial charge is 0.573 e. The molecule has 0 unspecified atom stereocenters. The lowest BCUT2D eigenvalue weighted by Crippen LogP contribution is -2.32. The van der Waals surface area contributed by atoms with Gasteiger partial charge < -0.3 is 10.1 Å². The van der Waals surface area contributed by atoms with Crippen molar-refractivity contribution < 1.29 is 27.5 Å². The summed E-state index contributed by atoms with van der Waals surface area (Å²) in [6, 6.07) is 4.79. The third kappa shape index (κ3) is 3.81. The van der Waals surface area contributed by atoms with Crippen molar-refractivity contribution in [3.05, 3.63) is 24.3 Å². The molecule has 2 heterocycles. The van der Waals surface area contributed by atoms with E-state index < -0.39 is 17.5 Å². The van der Waals surface area contributed by atoms with Crippen LogP contribution in [0.5, 0.6) is 5.75 Å². The first-order valence-electron chi connectivity index (χ1n) is 7.00. The summed E-state index contributed by atoms with van der Waals surface area (Å²) in [5, 5.41) is 2.67. The number of alkyl halides is 3. The molecule has 1 aromatic rings. The number of anilines is 1. The molecule has 0 aromatic heterocycles. The van der Waals surface area contributed by atoms with E-state index in [1.807, 2.05) is 0 Å². The van der Waals surface area contributed by atoms with Gasteiger partial charge in [0.15, 0.2) is 5.17 Å². The maximum Gasteiger partial charge on any atom is 0.573 e. The number of rotatable bonds is 4. The molecule has 6 nitrogen and oxygen atoms in total. The Hall–Kier alpha value is -2.23. The van der Waals surface area contributed by atoms with E-state index in [2.05, 4.69) is 15.0 Å². The lowest BCUT2D eigenvalue weighted by Gasteiger charge is -2.11. The highest BCUT2D eigenvalue weighted by Gasteiger charge is 2.40. The van der Waals surface area contributed by atoms with Crippen molar-refractivity contribution in [2.75, 3.05) is 18.4 Å². The second kappa shape index (κ2) is 6.34. The Kier molecular flexibility index (Phi) is 4.39. The number of ether oxygens (including phenoxy) is 1. The maximum absolute atomic E-state index is 12.1. The highest BCUT2D eigenvalue weighted by Crippen LogP contribution is 2.32. The number of nitrogens with zero attached hydrogens (tertiary/aromatic N) is 2. The molecule has 1 saturated heterocycles. The minimum atomic E-state index is -4.76. The van der Waals surface area contributed by atoms with Gasteiger partial charge in [-0.2, -0.15) is 0 Å². The normalized spacial score (nSPS) is 20.0. The molecule has 2 aliphatic heterocycles. The second-order valence-corrected chi connectivity index (χ2v) is 6.26. The smallest absolute Gasteiger partial charge is 0.406 e. The van der Waals surface area contributed by atoms with Crippen LogP contribution in [-0.4, -0.2) is 46.6 Å². The quantitative estimate of drug-likeness (QED) is 0.895. The summed E-state index contributed by atoms with van der Waals surface area (Å²) in [6.07, 6.45) is -4.79. The number of carbonyl (C=O) groups excluding carboxylic acids is 2. The number of hydrogen-bond donors (Lipinski definition) is 1. The number of thioether (sulfide) groups is 1. The maximum atomic E-state index is 12.1. The first-order valence-corrected chi connectivity index (χ1v) is 7.88. The van der Waals surface area contributed by atoms with E-state index in [1.165, 1.54) is 23.9 Å². The number of amides is 2. The monoisotopic (exact) mass is 359 g/mol. The Labute approximate surface area is 139 Å². The van der Waals surface area contributed by atoms with Crippen LogP contribution in [0.4, 0.5) is 18.9 Å². The van der Waals surface area contributed by atoms with Crippen molar-refractivity contribution in [3.63, 3.8) is 0 Å². The summed E-state index contributed by atoms with van der Waals surface area (Å²) in [7, 11) is 0. The van der Waals surface area contributed by atoms with E-state index >= 15 is 0 Å². The second-order valence-electron chi connectivity index (χ2n) is 5.09. The van der Waals surface area contributed by atoms with Crippen LogP contribution in [0.3, 0.4) is 0 Å². The molecular weight excluding hydrogens is 347 g/mol. The zero-order valence-electron chi connectivity index (χ0n) is 12.2. The van der Waals surface area contributed by atoms with Crippen LogP contribution in [0.25, 0.3) is 0 Å². The molecule has 0 aliphatic carbocycles. The van der Waals surface area contributed by atoms with Crippen LogP contribution >= 0.6 is 11.8 Å². The van der Waals surface area contributed by atoms with Gasteiger partial charge in [0, 0.05) is 18.7 Å². The standard InChI is InChI=1S/C14H12F3N3O3S/c15-14(16,17)23-9-3-1-8(2-4-9)19-11(21)7-10-12(22)20-6-5-18-13(20)24-10/h1-4,10H,5-7H2,(H,19,21)/t10-/m0/s1. The van der Waals surface area contributed by atoms with Crippen LogP contribution < -0.4 is 10.1 Å². The first kappa shape index (κ1) is 16.6. The SMILES string of the molecule is O=C(C[C@@H]1SC2=NCCN2C1=O)Nc1ccc(OC(F)(F)F)cc1. The van der Waals surface area contributed by atoms with E-state index in [9.17, 15) is 22.8 Å². The third-order valence-electron chi connectivity index (χ3n) is 3.33. The van der Waals surface area contributed by atoms with Crippen molar-refractivity contribution in [2.45, 2.75) is 18.0 Å². The van der Waals surface area contributed by atoms with Gasteiger partial charge in [0.05, 0.1) is 6.54 Å². The summed E-state index contributed by atoms with van der Waals surface area (Å²) < 4.78 is 40.0. The molecule has 1 fully saturated rings. The van der Waals surface area contributed by atoms with E-state index in [0.29, 0.717) is 23.9 Å². The fourth-order valence-electron chi connectivity index (χ4n) is 2.33. The minimum absolute atomic E-state index is 0.0280. The molecule has 128 valence electrons. The molecule has 0 radical (unpaired) electrons. The van der Waals surface area contributed by atoms with Gasteiger partial charge in [-0.3, -0.25) is 19.5 Å². The Balaban J connectivity index is 1.55. The lowest BCUT2D eigenvalue weighted by molar-refractivity contribution is -0.274. The topological polar surface area (TPSA) is 71.0 Å². The molecule has 2 aliphatic rings. The van der Waals surface area contributed by atoms with Gasteiger partial charge in [0.25, 0.3) is 0 Å². The summed E-state index contributed by atoms with van der Waals surface area (Å²) in [6.45, 7) is 1.12. The van der Waals surface area contributed by atoms with E-state index in [4.69, 9.17) is 0 Å². The zero-order chi connectivity index (χ0) is 17.3. The van der Waals surface area contributed by atoms with Gasteiger partial charge in [-0.15, -0.1) is 13.2 Å². The van der Waals surface area contributed by atoms with Crippen molar-refractivity contribution in [2.24, 2.45) is 4.99 Å². The van der Waals surface area contributed by atoms with Crippen molar-refractivity contribution in [1.82, 2.24) is 4.90 Å². The van der Waals surface area contributed by atoms with E-state index in [-0.39, 0.29) is 18.1 Å². The molecule has 0 saturated carbocycles. The molecule has 3 rings (SSSR count). The van der Waals surface area contributed by atoms with Crippen LogP contribution in [0.1, 0.15) is 6.42 Å². The van der Waals surface area contributed by atoms with Gasteiger partial charge in [-0.05, 0) is 24.3 Å². The molecule has 24 heavy (non-hydrogen) atoms. The van der Waals surface area contributed by atoms with Crippen LogP contribution in [0.15, 0.2) is 29.3 Å².